The van der Waals surface area contributed by atoms with Crippen molar-refractivity contribution < 1.29 is 13.7 Å². The minimum Gasteiger partial charge on any atom is -0.384 e. The average Bonchev–Trinajstić information content (AvgIpc) is 3.40. The van der Waals surface area contributed by atoms with Crippen LogP contribution >= 0.6 is 12.2 Å². The number of ether oxygens (including phenoxy) is 1. The van der Waals surface area contributed by atoms with Gasteiger partial charge in [0.2, 0.25) is 5.89 Å². The molecule has 152 valence electrons. The third-order valence-electron chi connectivity index (χ3n) is 5.10. The van der Waals surface area contributed by atoms with Crippen LogP contribution in [0.15, 0.2) is 47.2 Å². The van der Waals surface area contributed by atoms with Gasteiger partial charge in [-0.1, -0.05) is 29.5 Å². The first-order valence-electron chi connectivity index (χ1n) is 9.38. The number of nitrogens with two attached hydrogens (primary N) is 1. The van der Waals surface area contributed by atoms with Crippen LogP contribution in [0, 0.1) is 10.5 Å². The molecule has 4 aromatic rings. The number of halogens is 1. The van der Waals surface area contributed by atoms with E-state index in [0.29, 0.717) is 47.4 Å². The maximum absolute atomic E-state index is 13.1. The van der Waals surface area contributed by atoms with Crippen LogP contribution in [0.3, 0.4) is 0 Å². The Kier molecular flexibility index (Phi) is 4.72. The van der Waals surface area contributed by atoms with Crippen LogP contribution < -0.4 is 5.73 Å². The van der Waals surface area contributed by atoms with Gasteiger partial charge in [0.15, 0.2) is 11.5 Å². The van der Waals surface area contributed by atoms with E-state index in [0.717, 1.165) is 10.9 Å². The van der Waals surface area contributed by atoms with E-state index in [1.54, 1.807) is 35.2 Å². The van der Waals surface area contributed by atoms with E-state index in [9.17, 15) is 4.39 Å². The van der Waals surface area contributed by atoms with Crippen LogP contribution in [-0.4, -0.2) is 31.3 Å². The normalized spacial score (nSPS) is 18.8. The summed E-state index contributed by atoms with van der Waals surface area (Å²) >= 11 is 5.53. The summed E-state index contributed by atoms with van der Waals surface area (Å²) in [6, 6.07) is 9.83. The predicted octanol–water partition coefficient (Wildman–Crippen LogP) is 3.56. The maximum atomic E-state index is 13.1. The molecule has 1 saturated heterocycles. The molecule has 0 aliphatic carbocycles. The molecule has 1 aromatic carbocycles. The highest BCUT2D eigenvalue weighted by Crippen LogP contribution is 2.37. The monoisotopic (exact) mass is 424 g/mol. The van der Waals surface area contributed by atoms with Crippen molar-refractivity contribution in [3.63, 3.8) is 0 Å². The van der Waals surface area contributed by atoms with Crippen LogP contribution in [0.5, 0.6) is 0 Å². The third kappa shape index (κ3) is 3.55. The summed E-state index contributed by atoms with van der Waals surface area (Å²) in [7, 11) is 0. The van der Waals surface area contributed by atoms with E-state index in [1.165, 1.54) is 12.1 Å². The lowest BCUT2D eigenvalue weighted by molar-refractivity contribution is 0.110. The number of nitrogens with zero attached hydrogens (tertiary/aromatic N) is 5. The molecule has 10 heteroatoms. The molecule has 1 fully saturated rings. The zero-order valence-electron chi connectivity index (χ0n) is 15.7. The van der Waals surface area contributed by atoms with Gasteiger partial charge in [0, 0.05) is 5.92 Å². The van der Waals surface area contributed by atoms with E-state index in [-0.39, 0.29) is 17.8 Å². The van der Waals surface area contributed by atoms with Gasteiger partial charge >= 0.3 is 0 Å². The first-order valence-corrected chi connectivity index (χ1v) is 9.79. The molecule has 0 spiro atoms. The molecule has 0 unspecified atom stereocenters. The number of nitrogen functional groups attached to an aromatic ring is 1. The SMILES string of the molecule is Nc1ccc2c(=S)n(Cc3nc([C@@H]4CO[C@@H](c5ccc(F)cc5)C4)no3)cnc2n1. The number of benzene rings is 1. The summed E-state index contributed by atoms with van der Waals surface area (Å²) in [4.78, 5) is 13.0. The first kappa shape index (κ1) is 18.8. The van der Waals surface area contributed by atoms with E-state index in [2.05, 4.69) is 20.1 Å². The molecule has 0 radical (unpaired) electrons. The summed E-state index contributed by atoms with van der Waals surface area (Å²) in [5, 5.41) is 4.85. The Morgan fingerprint density at radius 2 is 2.00 bits per heavy atom. The number of fused-ring (bicyclic) bond motifs is 1. The smallest absolute Gasteiger partial charge is 0.246 e. The minimum atomic E-state index is -0.267. The number of hydrogen-bond donors (Lipinski definition) is 1. The zero-order valence-corrected chi connectivity index (χ0v) is 16.6. The van der Waals surface area contributed by atoms with Crippen LogP contribution in [-0.2, 0) is 11.3 Å². The van der Waals surface area contributed by atoms with Crippen molar-refractivity contribution >= 4 is 29.1 Å². The summed E-state index contributed by atoms with van der Waals surface area (Å²) in [5.41, 5.74) is 7.13. The molecule has 4 heterocycles. The van der Waals surface area contributed by atoms with Crippen molar-refractivity contribution in [2.45, 2.75) is 25.0 Å². The second kappa shape index (κ2) is 7.54. The number of aromatic nitrogens is 5. The highest BCUT2D eigenvalue weighted by molar-refractivity contribution is 7.71. The Balaban J connectivity index is 1.32. The van der Waals surface area contributed by atoms with Gasteiger partial charge in [0.05, 0.1) is 24.4 Å². The molecular formula is C20H17FN6O2S. The minimum absolute atomic E-state index is 0.00688. The molecule has 0 saturated carbocycles. The van der Waals surface area contributed by atoms with Crippen LogP contribution in [0.4, 0.5) is 10.2 Å². The molecule has 2 atom stereocenters. The number of pyridine rings is 1. The van der Waals surface area contributed by atoms with Gasteiger partial charge in [-0.25, -0.2) is 14.4 Å². The average molecular weight is 424 g/mol. The fourth-order valence-electron chi connectivity index (χ4n) is 3.53. The third-order valence-corrected chi connectivity index (χ3v) is 5.56. The molecule has 30 heavy (non-hydrogen) atoms. The van der Waals surface area contributed by atoms with Crippen molar-refractivity contribution in [1.29, 1.82) is 0 Å². The summed E-state index contributed by atoms with van der Waals surface area (Å²) < 4.78 is 26.7. The van der Waals surface area contributed by atoms with E-state index in [1.807, 2.05) is 0 Å². The lowest BCUT2D eigenvalue weighted by atomic mass is 10.00. The van der Waals surface area contributed by atoms with Crippen molar-refractivity contribution in [2.24, 2.45) is 0 Å². The first-order chi connectivity index (χ1) is 14.6. The second-order valence-electron chi connectivity index (χ2n) is 7.14. The lowest BCUT2D eigenvalue weighted by Crippen LogP contribution is -2.06. The molecule has 0 bridgehead atoms. The van der Waals surface area contributed by atoms with E-state index >= 15 is 0 Å². The predicted molar refractivity (Wildman–Crippen MR) is 109 cm³/mol. The zero-order chi connectivity index (χ0) is 20.7. The van der Waals surface area contributed by atoms with Gasteiger partial charge in [-0.15, -0.1) is 0 Å². The number of hydrogen-bond acceptors (Lipinski definition) is 8. The second-order valence-corrected chi connectivity index (χ2v) is 7.52. The van der Waals surface area contributed by atoms with Gasteiger partial charge in [0.25, 0.3) is 0 Å². The quantitative estimate of drug-likeness (QED) is 0.496. The Labute approximate surface area is 175 Å². The fourth-order valence-corrected chi connectivity index (χ4v) is 3.80. The van der Waals surface area contributed by atoms with Crippen molar-refractivity contribution in [1.82, 2.24) is 24.7 Å². The maximum Gasteiger partial charge on any atom is 0.246 e. The van der Waals surface area contributed by atoms with Crippen LogP contribution in [0.1, 0.15) is 35.7 Å². The molecule has 1 aliphatic heterocycles. The topological polar surface area (TPSA) is 105 Å². The van der Waals surface area contributed by atoms with Gasteiger partial charge in [0.1, 0.15) is 22.8 Å². The molecular weight excluding hydrogens is 407 g/mol. The van der Waals surface area contributed by atoms with Gasteiger partial charge < -0.3 is 19.6 Å². The van der Waals surface area contributed by atoms with Crippen LogP contribution in [0.25, 0.3) is 11.0 Å². The number of rotatable bonds is 4. The van der Waals surface area contributed by atoms with Crippen LogP contribution in [0.2, 0.25) is 0 Å². The molecule has 5 rings (SSSR count). The highest BCUT2D eigenvalue weighted by atomic mass is 32.1. The summed E-state index contributed by atoms with van der Waals surface area (Å²) in [5.74, 6) is 1.14. The Hall–Kier alpha value is -3.24. The Morgan fingerprint density at radius 1 is 1.17 bits per heavy atom. The number of anilines is 1. The Bertz CT molecular complexity index is 1270. The summed E-state index contributed by atoms with van der Waals surface area (Å²) in [6.45, 7) is 0.777. The van der Waals surface area contributed by atoms with Gasteiger partial charge in [-0.05, 0) is 36.2 Å². The molecule has 1 aliphatic rings. The van der Waals surface area contributed by atoms with Crippen molar-refractivity contribution in [3.05, 3.63) is 70.5 Å². The van der Waals surface area contributed by atoms with E-state index < -0.39 is 0 Å². The largest absolute Gasteiger partial charge is 0.384 e. The van der Waals surface area contributed by atoms with Crippen molar-refractivity contribution in [2.75, 3.05) is 12.3 Å². The Morgan fingerprint density at radius 3 is 2.83 bits per heavy atom. The summed E-state index contributed by atoms with van der Waals surface area (Å²) in [6.07, 6.45) is 2.18. The highest BCUT2D eigenvalue weighted by Gasteiger charge is 2.31. The molecule has 2 N–H and O–H groups in total. The fraction of sp³-hybridized carbons (Fsp3) is 0.250. The van der Waals surface area contributed by atoms with E-state index in [4.69, 9.17) is 27.2 Å². The molecule has 3 aromatic heterocycles. The van der Waals surface area contributed by atoms with Gasteiger partial charge in [-0.3, -0.25) is 0 Å². The molecule has 0 amide bonds. The lowest BCUT2D eigenvalue weighted by Gasteiger charge is -2.08. The standard InChI is InChI=1S/C20H17FN6O2S/c21-13-3-1-11(2-4-13)15-7-12(9-28-15)18-25-17(29-26-18)8-27-10-23-19-14(20(27)30)5-6-16(22)24-19/h1-6,10,12,15H,7-9H2,(H2,22,24)/t12-,15+/m0/s1. The van der Waals surface area contributed by atoms with Crippen molar-refractivity contribution in [3.8, 4) is 0 Å². The molecule has 8 nitrogen and oxygen atoms in total. The van der Waals surface area contributed by atoms with Gasteiger partial charge in [-0.2, -0.15) is 4.98 Å².